The van der Waals surface area contributed by atoms with Crippen LogP contribution < -0.4 is 4.72 Å². The standard InChI is InChI=1S/C10H15N5O3S/c1-14(2)19(16,17)11-7-9-12-10(13-18-9)8-5-4-6-15(8)3/h4-6,11H,7H2,1-3H3. The van der Waals surface area contributed by atoms with Crippen LogP contribution in [0.25, 0.3) is 11.5 Å². The Balaban J connectivity index is 2.09. The SMILES string of the molecule is CN(C)S(=O)(=O)NCc1nc(-c2cccn2C)no1. The highest BCUT2D eigenvalue weighted by Gasteiger charge is 2.16. The fraction of sp³-hybridized carbons (Fsp3) is 0.400. The lowest BCUT2D eigenvalue weighted by atomic mass is 10.4. The summed E-state index contributed by atoms with van der Waals surface area (Å²) in [6, 6.07) is 3.71. The van der Waals surface area contributed by atoms with Gasteiger partial charge in [0.2, 0.25) is 11.7 Å². The van der Waals surface area contributed by atoms with E-state index in [-0.39, 0.29) is 12.4 Å². The number of hydrogen-bond donors (Lipinski definition) is 1. The number of nitrogens with zero attached hydrogens (tertiary/aromatic N) is 4. The van der Waals surface area contributed by atoms with Crippen LogP contribution in [0.5, 0.6) is 0 Å². The smallest absolute Gasteiger partial charge is 0.279 e. The van der Waals surface area contributed by atoms with Crippen molar-refractivity contribution in [3.8, 4) is 11.5 Å². The molecule has 0 fully saturated rings. The number of rotatable bonds is 5. The summed E-state index contributed by atoms with van der Waals surface area (Å²) in [5.41, 5.74) is 0.797. The molecule has 2 aromatic rings. The van der Waals surface area contributed by atoms with Gasteiger partial charge in [-0.2, -0.15) is 22.4 Å². The molecule has 0 aliphatic heterocycles. The maximum Gasteiger partial charge on any atom is 0.279 e. The van der Waals surface area contributed by atoms with Crippen LogP contribution in [0.15, 0.2) is 22.9 Å². The van der Waals surface area contributed by atoms with Crippen molar-refractivity contribution < 1.29 is 12.9 Å². The van der Waals surface area contributed by atoms with Gasteiger partial charge in [0.15, 0.2) is 0 Å². The highest BCUT2D eigenvalue weighted by Crippen LogP contribution is 2.15. The minimum atomic E-state index is -3.50. The maximum atomic E-state index is 11.5. The lowest BCUT2D eigenvalue weighted by molar-refractivity contribution is 0.374. The Bertz CT molecular complexity index is 658. The van der Waals surface area contributed by atoms with Gasteiger partial charge >= 0.3 is 0 Å². The molecule has 0 unspecified atom stereocenters. The van der Waals surface area contributed by atoms with Crippen LogP contribution in [0.4, 0.5) is 0 Å². The first kappa shape index (κ1) is 13.7. The van der Waals surface area contributed by atoms with E-state index < -0.39 is 10.2 Å². The summed E-state index contributed by atoms with van der Waals surface area (Å²) in [5.74, 6) is 0.633. The summed E-state index contributed by atoms with van der Waals surface area (Å²) >= 11 is 0. The molecule has 0 bridgehead atoms. The van der Waals surface area contributed by atoms with Gasteiger partial charge in [0, 0.05) is 27.3 Å². The van der Waals surface area contributed by atoms with Crippen LogP contribution >= 0.6 is 0 Å². The van der Waals surface area contributed by atoms with Crippen molar-refractivity contribution in [2.75, 3.05) is 14.1 Å². The molecule has 0 radical (unpaired) electrons. The van der Waals surface area contributed by atoms with E-state index in [0.717, 1.165) is 10.00 Å². The second-order valence-electron chi connectivity index (χ2n) is 4.12. The lowest BCUT2D eigenvalue weighted by Gasteiger charge is -2.10. The van der Waals surface area contributed by atoms with E-state index in [4.69, 9.17) is 4.52 Å². The molecule has 2 aromatic heterocycles. The Morgan fingerprint density at radius 2 is 2.21 bits per heavy atom. The van der Waals surface area contributed by atoms with Crippen molar-refractivity contribution in [1.82, 2.24) is 23.7 Å². The van der Waals surface area contributed by atoms with Gasteiger partial charge in [0.1, 0.15) is 0 Å². The summed E-state index contributed by atoms with van der Waals surface area (Å²) in [5, 5.41) is 3.81. The molecule has 0 saturated heterocycles. The summed E-state index contributed by atoms with van der Waals surface area (Å²) in [6.45, 7) is -0.0437. The Morgan fingerprint density at radius 3 is 2.79 bits per heavy atom. The molecule has 0 saturated carbocycles. The molecule has 19 heavy (non-hydrogen) atoms. The molecule has 0 spiro atoms. The van der Waals surface area contributed by atoms with Crippen LogP contribution in [0, 0.1) is 0 Å². The van der Waals surface area contributed by atoms with Gasteiger partial charge in [-0.1, -0.05) is 5.16 Å². The predicted octanol–water partition coefficient (Wildman–Crippen LogP) is -0.0289. The summed E-state index contributed by atoms with van der Waals surface area (Å²) in [6.07, 6.45) is 1.86. The van der Waals surface area contributed by atoms with Crippen LogP contribution in [-0.2, 0) is 23.8 Å². The second kappa shape index (κ2) is 5.11. The van der Waals surface area contributed by atoms with Crippen LogP contribution in [0.2, 0.25) is 0 Å². The van der Waals surface area contributed by atoms with Gasteiger partial charge in [0.05, 0.1) is 12.2 Å². The van der Waals surface area contributed by atoms with Crippen LogP contribution in [-0.4, -0.2) is 41.5 Å². The van der Waals surface area contributed by atoms with E-state index in [1.807, 2.05) is 29.9 Å². The Kier molecular flexibility index (Phi) is 3.69. The zero-order chi connectivity index (χ0) is 14.0. The first-order valence-electron chi connectivity index (χ1n) is 5.51. The molecule has 2 rings (SSSR count). The predicted molar refractivity (Wildman–Crippen MR) is 68.2 cm³/mol. The average Bonchev–Trinajstić information content (AvgIpc) is 2.94. The monoisotopic (exact) mass is 285 g/mol. The van der Waals surface area contributed by atoms with Crippen molar-refractivity contribution in [2.45, 2.75) is 6.54 Å². The van der Waals surface area contributed by atoms with Gasteiger partial charge in [-0.15, -0.1) is 0 Å². The van der Waals surface area contributed by atoms with Crippen molar-refractivity contribution in [3.63, 3.8) is 0 Å². The molecular formula is C10H15N5O3S. The molecule has 0 aromatic carbocycles. The number of aromatic nitrogens is 3. The highest BCUT2D eigenvalue weighted by molar-refractivity contribution is 7.87. The fourth-order valence-electron chi connectivity index (χ4n) is 1.41. The minimum absolute atomic E-state index is 0.0437. The van der Waals surface area contributed by atoms with Gasteiger partial charge in [0.25, 0.3) is 10.2 Å². The largest absolute Gasteiger partial charge is 0.348 e. The highest BCUT2D eigenvalue weighted by atomic mass is 32.2. The van der Waals surface area contributed by atoms with E-state index in [1.165, 1.54) is 14.1 Å². The number of nitrogens with one attached hydrogen (secondary N) is 1. The fourth-order valence-corrected chi connectivity index (χ4v) is 1.97. The minimum Gasteiger partial charge on any atom is -0.348 e. The van der Waals surface area contributed by atoms with Gasteiger partial charge in [-0.05, 0) is 12.1 Å². The van der Waals surface area contributed by atoms with Crippen molar-refractivity contribution in [3.05, 3.63) is 24.2 Å². The first-order valence-corrected chi connectivity index (χ1v) is 6.95. The summed E-state index contributed by atoms with van der Waals surface area (Å²) in [4.78, 5) is 4.13. The van der Waals surface area contributed by atoms with Crippen molar-refractivity contribution in [1.29, 1.82) is 0 Å². The normalized spacial score (nSPS) is 12.2. The number of hydrogen-bond acceptors (Lipinski definition) is 5. The van der Waals surface area contributed by atoms with E-state index in [9.17, 15) is 8.42 Å². The number of aryl methyl sites for hydroxylation is 1. The van der Waals surface area contributed by atoms with E-state index in [1.54, 1.807) is 0 Å². The maximum absolute atomic E-state index is 11.5. The van der Waals surface area contributed by atoms with E-state index in [0.29, 0.717) is 5.82 Å². The summed E-state index contributed by atoms with van der Waals surface area (Å²) < 4.78 is 33.3. The average molecular weight is 285 g/mol. The molecule has 0 atom stereocenters. The Morgan fingerprint density at radius 1 is 1.47 bits per heavy atom. The quantitative estimate of drug-likeness (QED) is 0.832. The van der Waals surface area contributed by atoms with Crippen molar-refractivity contribution in [2.24, 2.45) is 7.05 Å². The topological polar surface area (TPSA) is 93.3 Å². The first-order chi connectivity index (χ1) is 8.90. The molecule has 0 aliphatic carbocycles. The molecule has 9 heteroatoms. The Labute approximate surface area is 111 Å². The van der Waals surface area contributed by atoms with E-state index in [2.05, 4.69) is 14.9 Å². The van der Waals surface area contributed by atoms with Gasteiger partial charge < -0.3 is 9.09 Å². The zero-order valence-corrected chi connectivity index (χ0v) is 11.7. The third-order valence-electron chi connectivity index (χ3n) is 2.53. The third-order valence-corrected chi connectivity index (χ3v) is 4.00. The zero-order valence-electron chi connectivity index (χ0n) is 10.9. The molecule has 0 amide bonds. The third kappa shape index (κ3) is 3.00. The molecular weight excluding hydrogens is 270 g/mol. The molecule has 0 aliphatic rings. The molecule has 2 heterocycles. The second-order valence-corrected chi connectivity index (χ2v) is 6.09. The van der Waals surface area contributed by atoms with Crippen molar-refractivity contribution >= 4 is 10.2 Å². The van der Waals surface area contributed by atoms with Crippen LogP contribution in [0.1, 0.15) is 5.89 Å². The van der Waals surface area contributed by atoms with E-state index >= 15 is 0 Å². The lowest BCUT2D eigenvalue weighted by Crippen LogP contribution is -2.35. The molecule has 8 nitrogen and oxygen atoms in total. The van der Waals surface area contributed by atoms with Gasteiger partial charge in [-0.3, -0.25) is 0 Å². The molecule has 1 N–H and O–H groups in total. The molecule has 104 valence electrons. The van der Waals surface area contributed by atoms with Crippen LogP contribution in [0.3, 0.4) is 0 Å². The Hall–Kier alpha value is -1.71. The summed E-state index contributed by atoms with van der Waals surface area (Å²) in [7, 11) is 1.23. The van der Waals surface area contributed by atoms with Gasteiger partial charge in [-0.25, -0.2) is 0 Å².